The van der Waals surface area contributed by atoms with E-state index in [1.165, 1.54) is 31.5 Å². The van der Waals surface area contributed by atoms with Gasteiger partial charge >= 0.3 is 0 Å². The van der Waals surface area contributed by atoms with E-state index in [1.807, 2.05) is 0 Å². The van der Waals surface area contributed by atoms with Crippen molar-refractivity contribution in [1.82, 2.24) is 9.88 Å². The number of carbonyl (C=O) groups excluding carboxylic acids is 1. The number of aromatic nitrogens is 1. The van der Waals surface area contributed by atoms with Crippen LogP contribution in [-0.4, -0.2) is 47.0 Å². The van der Waals surface area contributed by atoms with E-state index in [1.54, 1.807) is 11.0 Å². The zero-order valence-corrected chi connectivity index (χ0v) is 15.3. The first kappa shape index (κ1) is 18.7. The van der Waals surface area contributed by atoms with Crippen LogP contribution in [0.2, 0.25) is 5.02 Å². The second-order valence-electron chi connectivity index (χ2n) is 6.11. The summed E-state index contributed by atoms with van der Waals surface area (Å²) in [7, 11) is 1.47. The Kier molecular flexibility index (Phi) is 5.31. The second-order valence-corrected chi connectivity index (χ2v) is 6.52. The van der Waals surface area contributed by atoms with Crippen molar-refractivity contribution in [1.29, 1.82) is 0 Å². The molecule has 1 unspecified atom stereocenters. The van der Waals surface area contributed by atoms with Crippen LogP contribution in [0.3, 0.4) is 0 Å². The van der Waals surface area contributed by atoms with Crippen LogP contribution in [0.4, 0.5) is 17.2 Å². The van der Waals surface area contributed by atoms with E-state index < -0.39 is 4.92 Å². The number of nitrogen functional groups attached to an aromatic ring is 1. The highest BCUT2D eigenvalue weighted by Crippen LogP contribution is 2.30. The standard InChI is InChI=1S/C17H18ClN5O4/c1-27-15-7-14(19)13(18)6-12(15)17(24)22-5-4-10(9-22)21-16-3-2-11(8-20-16)23(25)26/h2-3,6-8,10H,4-5,9,19H2,1H3,(H,20,21). The number of likely N-dealkylation sites (tertiary alicyclic amines) is 1. The largest absolute Gasteiger partial charge is 0.496 e. The van der Waals surface area contributed by atoms with Crippen molar-refractivity contribution in [3.8, 4) is 5.75 Å². The molecule has 0 spiro atoms. The fraction of sp³-hybridized carbons (Fsp3) is 0.294. The molecule has 27 heavy (non-hydrogen) atoms. The molecule has 0 radical (unpaired) electrons. The lowest BCUT2D eigenvalue weighted by Gasteiger charge is -2.19. The molecule has 9 nitrogen and oxygen atoms in total. The number of anilines is 2. The molecule has 10 heteroatoms. The zero-order chi connectivity index (χ0) is 19.6. The number of nitrogens with one attached hydrogen (secondary N) is 1. The summed E-state index contributed by atoms with van der Waals surface area (Å²) in [5, 5.41) is 14.2. The van der Waals surface area contributed by atoms with E-state index in [2.05, 4.69) is 10.3 Å². The van der Waals surface area contributed by atoms with Gasteiger partial charge in [-0.2, -0.15) is 0 Å². The average Bonchev–Trinajstić information content (AvgIpc) is 3.12. The zero-order valence-electron chi connectivity index (χ0n) is 14.5. The number of hydrogen-bond acceptors (Lipinski definition) is 7. The first-order chi connectivity index (χ1) is 12.9. The van der Waals surface area contributed by atoms with Crippen LogP contribution >= 0.6 is 11.6 Å². The van der Waals surface area contributed by atoms with E-state index in [0.29, 0.717) is 40.9 Å². The number of methoxy groups -OCH3 is 1. The van der Waals surface area contributed by atoms with Gasteiger partial charge in [0.1, 0.15) is 17.8 Å². The smallest absolute Gasteiger partial charge is 0.287 e. The average molecular weight is 392 g/mol. The summed E-state index contributed by atoms with van der Waals surface area (Å²) in [5.41, 5.74) is 6.38. The van der Waals surface area contributed by atoms with Gasteiger partial charge in [0.15, 0.2) is 0 Å². The number of amides is 1. The van der Waals surface area contributed by atoms with Crippen molar-refractivity contribution < 1.29 is 14.5 Å². The first-order valence-electron chi connectivity index (χ1n) is 8.18. The predicted octanol–water partition coefficient (Wildman–Crippen LogP) is 2.56. The van der Waals surface area contributed by atoms with Crippen LogP contribution in [0, 0.1) is 10.1 Å². The molecule has 1 fully saturated rings. The molecule has 1 aliphatic heterocycles. The van der Waals surface area contributed by atoms with Crippen molar-refractivity contribution in [2.75, 3.05) is 31.2 Å². The molecule has 1 amide bonds. The summed E-state index contributed by atoms with van der Waals surface area (Å²) in [6, 6.07) is 5.96. The molecule has 0 aliphatic carbocycles. The number of halogens is 1. The van der Waals surface area contributed by atoms with Gasteiger partial charge in [-0.05, 0) is 18.6 Å². The third-order valence-corrected chi connectivity index (χ3v) is 4.66. The summed E-state index contributed by atoms with van der Waals surface area (Å²) < 4.78 is 5.25. The lowest BCUT2D eigenvalue weighted by Crippen LogP contribution is -2.32. The number of nitro groups is 1. The molecule has 2 heterocycles. The maximum absolute atomic E-state index is 12.8. The fourth-order valence-corrected chi connectivity index (χ4v) is 3.09. The van der Waals surface area contributed by atoms with E-state index >= 15 is 0 Å². The number of pyridine rings is 1. The highest BCUT2D eigenvalue weighted by atomic mass is 35.5. The highest BCUT2D eigenvalue weighted by molar-refractivity contribution is 6.33. The van der Waals surface area contributed by atoms with Gasteiger partial charge in [0, 0.05) is 31.3 Å². The SMILES string of the molecule is COc1cc(N)c(Cl)cc1C(=O)N1CCC(Nc2ccc([N+](=O)[O-])cn2)C1. The van der Waals surface area contributed by atoms with Crippen LogP contribution in [-0.2, 0) is 0 Å². The Hall–Kier alpha value is -3.07. The topological polar surface area (TPSA) is 124 Å². The van der Waals surface area contributed by atoms with Crippen molar-refractivity contribution in [3.63, 3.8) is 0 Å². The third kappa shape index (κ3) is 4.03. The molecule has 1 atom stereocenters. The van der Waals surface area contributed by atoms with Gasteiger partial charge in [-0.15, -0.1) is 0 Å². The first-order valence-corrected chi connectivity index (χ1v) is 8.56. The number of nitrogens with two attached hydrogens (primary N) is 1. The minimum atomic E-state index is -0.502. The Morgan fingerprint density at radius 3 is 2.89 bits per heavy atom. The number of carbonyl (C=O) groups is 1. The van der Waals surface area contributed by atoms with Gasteiger partial charge in [-0.25, -0.2) is 4.98 Å². The van der Waals surface area contributed by atoms with Crippen LogP contribution in [0.25, 0.3) is 0 Å². The van der Waals surface area contributed by atoms with Crippen molar-refractivity contribution in [2.24, 2.45) is 0 Å². The van der Waals surface area contributed by atoms with E-state index in [0.717, 1.165) is 6.42 Å². The minimum absolute atomic E-state index is 0.0156. The lowest BCUT2D eigenvalue weighted by molar-refractivity contribution is -0.385. The van der Waals surface area contributed by atoms with E-state index in [9.17, 15) is 14.9 Å². The summed E-state index contributed by atoms with van der Waals surface area (Å²) in [5.74, 6) is 0.693. The van der Waals surface area contributed by atoms with Gasteiger partial charge < -0.3 is 20.7 Å². The Morgan fingerprint density at radius 1 is 1.48 bits per heavy atom. The van der Waals surface area contributed by atoms with Crippen LogP contribution < -0.4 is 15.8 Å². The van der Waals surface area contributed by atoms with Crippen molar-refractivity contribution in [3.05, 3.63) is 51.2 Å². The van der Waals surface area contributed by atoms with E-state index in [4.69, 9.17) is 22.1 Å². The van der Waals surface area contributed by atoms with Gasteiger partial charge in [0.05, 0.1) is 28.3 Å². The van der Waals surface area contributed by atoms with Gasteiger partial charge in [-0.1, -0.05) is 11.6 Å². The van der Waals surface area contributed by atoms with Gasteiger partial charge in [-0.3, -0.25) is 14.9 Å². The number of rotatable bonds is 5. The molecule has 1 saturated heterocycles. The number of nitrogens with zero attached hydrogens (tertiary/aromatic N) is 3. The predicted molar refractivity (Wildman–Crippen MR) is 101 cm³/mol. The Labute approximate surface area is 160 Å². The summed E-state index contributed by atoms with van der Waals surface area (Å²) in [4.78, 5) is 28.7. The molecule has 1 aromatic carbocycles. The minimum Gasteiger partial charge on any atom is -0.496 e. The number of benzene rings is 1. The lowest BCUT2D eigenvalue weighted by atomic mass is 10.1. The molecular weight excluding hydrogens is 374 g/mol. The Morgan fingerprint density at radius 2 is 2.26 bits per heavy atom. The van der Waals surface area contributed by atoms with Crippen LogP contribution in [0.15, 0.2) is 30.5 Å². The summed E-state index contributed by atoms with van der Waals surface area (Å²) in [6.45, 7) is 1.01. The monoisotopic (exact) mass is 391 g/mol. The van der Waals surface area contributed by atoms with Crippen molar-refractivity contribution in [2.45, 2.75) is 12.5 Å². The molecule has 0 bridgehead atoms. The molecule has 0 saturated carbocycles. The summed E-state index contributed by atoms with van der Waals surface area (Å²) in [6.07, 6.45) is 1.91. The molecule has 1 aromatic heterocycles. The molecule has 3 rings (SSSR count). The van der Waals surface area contributed by atoms with Crippen LogP contribution in [0.1, 0.15) is 16.8 Å². The maximum atomic E-state index is 12.8. The summed E-state index contributed by atoms with van der Waals surface area (Å²) >= 11 is 6.04. The molecule has 2 aromatic rings. The highest BCUT2D eigenvalue weighted by Gasteiger charge is 2.29. The molecule has 142 valence electrons. The van der Waals surface area contributed by atoms with Gasteiger partial charge in [0.2, 0.25) is 0 Å². The molecular formula is C17H18ClN5O4. The Balaban J connectivity index is 1.68. The second kappa shape index (κ2) is 7.67. The number of hydrogen-bond donors (Lipinski definition) is 2. The normalized spacial score (nSPS) is 16.2. The van der Waals surface area contributed by atoms with Crippen molar-refractivity contribution >= 4 is 34.7 Å². The molecule has 1 aliphatic rings. The fourth-order valence-electron chi connectivity index (χ4n) is 2.93. The van der Waals surface area contributed by atoms with Crippen LogP contribution in [0.5, 0.6) is 5.75 Å². The Bertz CT molecular complexity index is 874. The maximum Gasteiger partial charge on any atom is 0.287 e. The van der Waals surface area contributed by atoms with Gasteiger partial charge in [0.25, 0.3) is 11.6 Å². The molecule has 3 N–H and O–H groups in total. The quantitative estimate of drug-likeness (QED) is 0.456. The number of ether oxygens (including phenoxy) is 1. The van der Waals surface area contributed by atoms with E-state index in [-0.39, 0.29) is 17.6 Å². The third-order valence-electron chi connectivity index (χ3n) is 4.34.